The number of aliphatic hydroxyl groups excluding tert-OH is 2. The zero-order valence-electron chi connectivity index (χ0n) is 36.6. The predicted octanol–water partition coefficient (Wildman–Crippen LogP) is 11.1. The fourth-order valence-electron chi connectivity index (χ4n) is 7.69. The molecule has 8 heteroatoms. The zero-order valence-corrected chi connectivity index (χ0v) is 36.6. The maximum absolute atomic E-state index is 11.5. The van der Waals surface area contributed by atoms with Crippen LogP contribution in [-0.2, 0) is 25.9 Å². The summed E-state index contributed by atoms with van der Waals surface area (Å²) in [7, 11) is 1.72. The molecule has 0 aliphatic carbocycles. The Morgan fingerprint density at radius 2 is 1.37 bits per heavy atom. The molecule has 57 heavy (non-hydrogen) atoms. The Morgan fingerprint density at radius 3 is 1.86 bits per heavy atom. The van der Waals surface area contributed by atoms with E-state index in [1.165, 1.54) is 28.4 Å². The van der Waals surface area contributed by atoms with Gasteiger partial charge in [-0.3, -0.25) is 9.59 Å². The van der Waals surface area contributed by atoms with Crippen LogP contribution in [0.3, 0.4) is 0 Å². The average Bonchev–Trinajstić information content (AvgIpc) is 3.15. The third kappa shape index (κ3) is 12.4. The quantitative estimate of drug-likeness (QED) is 0.107. The molecule has 0 aromatic heterocycles. The summed E-state index contributed by atoms with van der Waals surface area (Å²) in [5.41, 5.74) is 7.97. The second kappa shape index (κ2) is 21.6. The highest BCUT2D eigenvalue weighted by Crippen LogP contribution is 2.47. The van der Waals surface area contributed by atoms with Gasteiger partial charge >= 0.3 is 0 Å². The molecule has 0 spiro atoms. The van der Waals surface area contributed by atoms with Gasteiger partial charge in [0.15, 0.2) is 12.6 Å². The van der Waals surface area contributed by atoms with E-state index in [0.29, 0.717) is 30.5 Å². The predicted molar refractivity (Wildman–Crippen MR) is 231 cm³/mol. The maximum atomic E-state index is 11.5. The molecule has 3 N–H and O–H groups in total. The Balaban J connectivity index is 0.000000306. The number of allylic oxidation sites excluding steroid dienone is 8. The number of hydrogen-bond acceptors (Lipinski definition) is 8. The molecule has 8 nitrogen and oxygen atoms in total. The molecule has 2 aliphatic rings. The number of aryl methyl sites for hydroxylation is 1. The van der Waals surface area contributed by atoms with Crippen LogP contribution in [0, 0.1) is 5.92 Å². The minimum absolute atomic E-state index is 0.00331. The molecule has 0 fully saturated rings. The molecule has 2 aliphatic heterocycles. The standard InChI is InChI=1S/C26H40O3.C23H30O5/c1-8-21-16-24(28-7)22-15-20(5)26(6,29-25(22)23(21)17-27)14-10-13-19(4)12-9-11-18(2)3;1-15(2)7-5-8-16(3)9-6-10-23(4)21(27)12-18-20(26)11-17(13-24)19(14-25)22(18)28-23/h11,13,16,20,27H,8-10,12,14-15,17H2,1-7H3;7,9,11,13-14,21,26-27H,5-6,8,10,12H2,1-4H3/b19-13+;16-9+/t20-,26-;21-,23-/m00/s1. The second-order valence-corrected chi connectivity index (χ2v) is 17.0. The van der Waals surface area contributed by atoms with E-state index < -0.39 is 11.7 Å². The van der Waals surface area contributed by atoms with Gasteiger partial charge in [-0.05, 0) is 143 Å². The van der Waals surface area contributed by atoms with Crippen molar-refractivity contribution in [3.05, 3.63) is 92.1 Å². The number of hydrogen-bond donors (Lipinski definition) is 3. The number of benzene rings is 2. The molecule has 0 bridgehead atoms. The van der Waals surface area contributed by atoms with E-state index in [1.54, 1.807) is 14.0 Å². The lowest BCUT2D eigenvalue weighted by Crippen LogP contribution is -2.49. The summed E-state index contributed by atoms with van der Waals surface area (Å²) in [6, 6.07) is 3.31. The van der Waals surface area contributed by atoms with Crippen molar-refractivity contribution in [3.63, 3.8) is 0 Å². The number of methoxy groups -OCH3 is 1. The van der Waals surface area contributed by atoms with Crippen LogP contribution in [0.1, 0.15) is 164 Å². The normalized spacial score (nSPS) is 21.4. The van der Waals surface area contributed by atoms with Crippen LogP contribution in [0.5, 0.6) is 23.0 Å². The monoisotopic (exact) mass is 787 g/mol. The van der Waals surface area contributed by atoms with Gasteiger partial charge in [-0.15, -0.1) is 0 Å². The highest BCUT2D eigenvalue weighted by Gasteiger charge is 2.42. The maximum Gasteiger partial charge on any atom is 0.154 e. The van der Waals surface area contributed by atoms with E-state index in [1.807, 2.05) is 0 Å². The summed E-state index contributed by atoms with van der Waals surface area (Å²) in [4.78, 5) is 22.8. The number of aromatic hydroxyl groups is 1. The van der Waals surface area contributed by atoms with E-state index in [0.717, 1.165) is 86.0 Å². The van der Waals surface area contributed by atoms with Gasteiger partial charge in [-0.25, -0.2) is 0 Å². The van der Waals surface area contributed by atoms with E-state index in [9.17, 15) is 24.9 Å². The third-order valence-corrected chi connectivity index (χ3v) is 11.7. The van der Waals surface area contributed by atoms with Crippen LogP contribution in [0.4, 0.5) is 0 Å². The first-order valence-corrected chi connectivity index (χ1v) is 20.7. The Labute approximate surface area is 342 Å². The van der Waals surface area contributed by atoms with Crippen molar-refractivity contribution in [1.29, 1.82) is 0 Å². The minimum Gasteiger partial charge on any atom is -0.508 e. The third-order valence-electron chi connectivity index (χ3n) is 11.7. The van der Waals surface area contributed by atoms with Gasteiger partial charge in [0.1, 0.15) is 34.2 Å². The number of carbonyl (C=O) groups is 2. The summed E-state index contributed by atoms with van der Waals surface area (Å²) in [5.74, 6) is 2.18. The molecular weight excluding hydrogens is 717 g/mol. The smallest absolute Gasteiger partial charge is 0.154 e. The van der Waals surface area contributed by atoms with Gasteiger partial charge in [0.2, 0.25) is 0 Å². The molecule has 0 radical (unpaired) electrons. The number of aldehydes is 2. The van der Waals surface area contributed by atoms with Crippen molar-refractivity contribution in [3.8, 4) is 23.0 Å². The van der Waals surface area contributed by atoms with Crippen molar-refractivity contribution in [2.75, 3.05) is 7.11 Å². The Kier molecular flexibility index (Phi) is 17.9. The SMILES string of the molecule is CC(C)=CCC/C(C)=C/CC[C@]1(C)Oc2c(C=O)c(C=O)cc(O)c2C[C@@H]1O.CCc1cc(OC)c2c(c1CO)O[C@@](C)(CC/C=C(\C)CCC=C(C)C)[C@@H](C)C2. The zero-order chi connectivity index (χ0) is 42.5. The first-order chi connectivity index (χ1) is 27.0. The summed E-state index contributed by atoms with van der Waals surface area (Å²) in [5, 5.41) is 30.8. The van der Waals surface area contributed by atoms with Gasteiger partial charge in [-0.1, -0.05) is 60.4 Å². The second-order valence-electron chi connectivity index (χ2n) is 17.0. The van der Waals surface area contributed by atoms with Crippen LogP contribution in [0.15, 0.2) is 58.7 Å². The first kappa shape index (κ1) is 47.2. The fraction of sp³-hybridized carbons (Fsp3) is 0.551. The lowest BCUT2D eigenvalue weighted by Gasteiger charge is -2.42. The van der Waals surface area contributed by atoms with Crippen molar-refractivity contribution in [2.45, 2.75) is 164 Å². The molecule has 2 heterocycles. The fourth-order valence-corrected chi connectivity index (χ4v) is 7.69. The first-order valence-electron chi connectivity index (χ1n) is 20.7. The minimum atomic E-state index is -0.907. The summed E-state index contributed by atoms with van der Waals surface area (Å²) in [6.45, 7) is 21.2. The van der Waals surface area contributed by atoms with Crippen LogP contribution < -0.4 is 14.2 Å². The number of carbonyl (C=O) groups excluding carboxylic acids is 2. The number of ether oxygens (including phenoxy) is 3. The summed E-state index contributed by atoms with van der Waals surface area (Å²) in [6.07, 6.45) is 18.7. The van der Waals surface area contributed by atoms with Gasteiger partial charge < -0.3 is 29.5 Å². The van der Waals surface area contributed by atoms with Gasteiger partial charge in [-0.2, -0.15) is 0 Å². The number of rotatable bonds is 17. The van der Waals surface area contributed by atoms with Crippen molar-refractivity contribution in [1.82, 2.24) is 0 Å². The van der Waals surface area contributed by atoms with Gasteiger partial charge in [0.25, 0.3) is 0 Å². The largest absolute Gasteiger partial charge is 0.508 e. The molecule has 0 saturated heterocycles. The number of phenols is 1. The summed E-state index contributed by atoms with van der Waals surface area (Å²) < 4.78 is 18.3. The van der Waals surface area contributed by atoms with Crippen LogP contribution >= 0.6 is 0 Å². The molecule has 4 rings (SSSR count). The number of aliphatic hydroxyl groups is 2. The topological polar surface area (TPSA) is 123 Å². The van der Waals surface area contributed by atoms with E-state index in [4.69, 9.17) is 14.2 Å². The van der Waals surface area contributed by atoms with Gasteiger partial charge in [0.05, 0.1) is 25.4 Å². The highest BCUT2D eigenvalue weighted by molar-refractivity contribution is 5.94. The van der Waals surface area contributed by atoms with E-state index >= 15 is 0 Å². The lowest BCUT2D eigenvalue weighted by atomic mass is 9.78. The molecule has 4 atom stereocenters. The van der Waals surface area contributed by atoms with Crippen LogP contribution in [0.2, 0.25) is 0 Å². The molecule has 314 valence electrons. The molecule has 0 amide bonds. The van der Waals surface area contributed by atoms with E-state index in [-0.39, 0.29) is 41.3 Å². The molecule has 0 saturated carbocycles. The van der Waals surface area contributed by atoms with Gasteiger partial charge in [0, 0.05) is 28.7 Å². The van der Waals surface area contributed by atoms with E-state index in [2.05, 4.69) is 92.7 Å². The molecule has 2 aromatic carbocycles. The molecular formula is C49H70O8. The van der Waals surface area contributed by atoms with Crippen LogP contribution in [-0.4, -0.2) is 52.3 Å². The molecule has 2 aromatic rings. The van der Waals surface area contributed by atoms with Crippen molar-refractivity contribution < 1.29 is 39.1 Å². The average molecular weight is 787 g/mol. The Bertz CT molecular complexity index is 1820. The number of fused-ring (bicyclic) bond motifs is 2. The lowest BCUT2D eigenvalue weighted by molar-refractivity contribution is -0.0595. The Hall–Kier alpha value is -4.14. The van der Waals surface area contributed by atoms with Crippen molar-refractivity contribution in [2.24, 2.45) is 5.92 Å². The summed E-state index contributed by atoms with van der Waals surface area (Å²) >= 11 is 0. The Morgan fingerprint density at radius 1 is 0.807 bits per heavy atom. The van der Waals surface area contributed by atoms with Crippen LogP contribution in [0.25, 0.3) is 0 Å². The number of phenolic OH excluding ortho intramolecular Hbond substituents is 1. The van der Waals surface area contributed by atoms with Crippen molar-refractivity contribution >= 4 is 12.6 Å². The highest BCUT2D eigenvalue weighted by atomic mass is 16.5. The molecule has 0 unspecified atom stereocenters.